The Morgan fingerprint density at radius 3 is 2.60 bits per heavy atom. The van der Waals surface area contributed by atoms with Crippen molar-refractivity contribution in [3.05, 3.63) is 47.1 Å². The molecule has 0 atom stereocenters. The van der Waals surface area contributed by atoms with E-state index in [-0.39, 0.29) is 11.9 Å². The van der Waals surface area contributed by atoms with E-state index in [1.54, 1.807) is 11.1 Å². The van der Waals surface area contributed by atoms with Gasteiger partial charge >= 0.3 is 12.0 Å². The Morgan fingerprint density at radius 1 is 1.06 bits per heavy atom. The molecule has 2 amide bonds. The molecule has 0 spiro atoms. The van der Waals surface area contributed by atoms with E-state index >= 15 is 0 Å². The summed E-state index contributed by atoms with van der Waals surface area (Å²) in [7, 11) is 0. The minimum Gasteiger partial charge on any atom is -0.481 e. The third-order valence-corrected chi connectivity index (χ3v) is 8.49. The number of hydrogen-bond donors (Lipinski definition) is 1. The first kappa shape index (κ1) is 22.4. The molecule has 0 bridgehead atoms. The number of anilines is 2. The number of amides is 2. The third-order valence-electron chi connectivity index (χ3n) is 7.52. The summed E-state index contributed by atoms with van der Waals surface area (Å²) in [5.74, 6) is -0.405. The van der Waals surface area contributed by atoms with Crippen molar-refractivity contribution in [1.29, 1.82) is 0 Å². The van der Waals surface area contributed by atoms with Crippen LogP contribution in [0.3, 0.4) is 0 Å². The van der Waals surface area contributed by atoms with Crippen molar-refractivity contribution >= 4 is 45.1 Å². The van der Waals surface area contributed by atoms with Gasteiger partial charge in [-0.15, -0.1) is 0 Å². The van der Waals surface area contributed by atoms with Crippen molar-refractivity contribution < 1.29 is 14.7 Å². The highest BCUT2D eigenvalue weighted by atomic mass is 32.1. The van der Waals surface area contributed by atoms with Crippen LogP contribution in [0, 0.1) is 5.92 Å². The van der Waals surface area contributed by atoms with Gasteiger partial charge in [-0.25, -0.2) is 14.8 Å². The Bertz CT molecular complexity index is 1260. The van der Waals surface area contributed by atoms with Crippen molar-refractivity contribution in [2.45, 2.75) is 44.6 Å². The first-order valence-corrected chi connectivity index (χ1v) is 13.3. The number of rotatable bonds is 6. The number of fused-ring (bicyclic) bond motifs is 1. The van der Waals surface area contributed by atoms with Crippen LogP contribution in [0.15, 0.2) is 36.5 Å². The number of nitrogens with zero attached hydrogens (tertiary/aromatic N) is 5. The molecule has 2 aromatic heterocycles. The van der Waals surface area contributed by atoms with Gasteiger partial charge in [0.25, 0.3) is 0 Å². The fourth-order valence-electron chi connectivity index (χ4n) is 5.52. The third kappa shape index (κ3) is 4.38. The molecule has 0 unspecified atom stereocenters. The van der Waals surface area contributed by atoms with Gasteiger partial charge in [0.15, 0.2) is 0 Å². The minimum atomic E-state index is -0.734. The molecule has 6 rings (SSSR count). The highest BCUT2D eigenvalue weighted by Gasteiger charge is 2.33. The van der Waals surface area contributed by atoms with Crippen LogP contribution >= 0.6 is 11.3 Å². The van der Waals surface area contributed by atoms with Crippen molar-refractivity contribution in [1.82, 2.24) is 14.9 Å². The number of carboxylic acids is 1. The van der Waals surface area contributed by atoms with E-state index in [4.69, 9.17) is 10.1 Å². The van der Waals surface area contributed by atoms with E-state index in [1.807, 2.05) is 17.0 Å². The molecule has 1 aliphatic carbocycles. The van der Waals surface area contributed by atoms with Gasteiger partial charge in [-0.2, -0.15) is 0 Å². The highest BCUT2D eigenvalue weighted by Crippen LogP contribution is 2.35. The number of hydrogen-bond acceptors (Lipinski definition) is 6. The van der Waals surface area contributed by atoms with E-state index < -0.39 is 5.97 Å². The van der Waals surface area contributed by atoms with Crippen LogP contribution in [0.4, 0.5) is 16.2 Å². The van der Waals surface area contributed by atoms with Crippen molar-refractivity contribution in [3.8, 4) is 0 Å². The normalized spacial score (nSPS) is 20.1. The fourth-order valence-corrected chi connectivity index (χ4v) is 6.45. The molecule has 3 fully saturated rings. The smallest absolute Gasteiger partial charge is 0.329 e. The van der Waals surface area contributed by atoms with Crippen LogP contribution in [0.1, 0.15) is 48.6 Å². The zero-order valence-corrected chi connectivity index (χ0v) is 20.4. The number of benzene rings is 1. The maximum absolute atomic E-state index is 13.4. The summed E-state index contributed by atoms with van der Waals surface area (Å²) < 4.78 is 0. The summed E-state index contributed by atoms with van der Waals surface area (Å²) in [4.78, 5) is 40.3. The average Bonchev–Trinajstić information content (AvgIpc) is 3.43. The molecule has 4 heterocycles. The topological polar surface area (TPSA) is 89.9 Å². The molecule has 2 aliphatic heterocycles. The van der Waals surface area contributed by atoms with Crippen LogP contribution < -0.4 is 9.80 Å². The molecule has 0 radical (unpaired) electrons. The second kappa shape index (κ2) is 9.20. The zero-order valence-electron chi connectivity index (χ0n) is 19.6. The number of carbonyl (C=O) groups excluding carboxylic acids is 1. The quantitative estimate of drug-likeness (QED) is 0.538. The fraction of sp³-hybridized carbons (Fsp3) is 0.462. The van der Waals surface area contributed by atoms with Crippen molar-refractivity contribution in [2.75, 3.05) is 36.0 Å². The average molecular weight is 492 g/mol. The maximum atomic E-state index is 13.4. The van der Waals surface area contributed by atoms with Crippen LogP contribution in [-0.4, -0.2) is 58.2 Å². The Kier molecular flexibility index (Phi) is 5.89. The van der Waals surface area contributed by atoms with Gasteiger partial charge in [-0.1, -0.05) is 42.7 Å². The summed E-state index contributed by atoms with van der Waals surface area (Å²) in [5, 5.41) is 9.99. The molecule has 1 N–H and O–H groups in total. The number of urea groups is 1. The van der Waals surface area contributed by atoms with E-state index in [0.717, 1.165) is 26.7 Å². The van der Waals surface area contributed by atoms with Gasteiger partial charge in [-0.05, 0) is 42.5 Å². The first-order valence-electron chi connectivity index (χ1n) is 12.4. The molecule has 3 aliphatic rings. The van der Waals surface area contributed by atoms with E-state index in [9.17, 15) is 9.59 Å². The van der Waals surface area contributed by atoms with Crippen LogP contribution in [0.5, 0.6) is 0 Å². The van der Waals surface area contributed by atoms with Gasteiger partial charge < -0.3 is 5.11 Å². The van der Waals surface area contributed by atoms with Crippen molar-refractivity contribution in [2.24, 2.45) is 5.92 Å². The Morgan fingerprint density at radius 2 is 1.83 bits per heavy atom. The summed E-state index contributed by atoms with van der Waals surface area (Å²) in [6.07, 6.45) is 8.15. The number of aliphatic carboxylic acids is 1. The monoisotopic (exact) mass is 491 g/mol. The molecule has 182 valence electrons. The Balaban J connectivity index is 1.16. The number of likely N-dealkylation sites (tertiary alicyclic amines) is 1. The lowest BCUT2D eigenvalue weighted by Crippen LogP contribution is -2.49. The predicted octanol–water partition coefficient (Wildman–Crippen LogP) is 4.70. The summed E-state index contributed by atoms with van der Waals surface area (Å²) >= 11 is 1.52. The van der Waals surface area contributed by atoms with Gasteiger partial charge in [0.1, 0.15) is 15.4 Å². The van der Waals surface area contributed by atoms with Gasteiger partial charge in [0.05, 0.1) is 24.3 Å². The largest absolute Gasteiger partial charge is 0.481 e. The van der Waals surface area contributed by atoms with Crippen LogP contribution in [0.25, 0.3) is 10.3 Å². The molecule has 1 saturated carbocycles. The molecule has 8 nitrogen and oxygen atoms in total. The number of carbonyl (C=O) groups is 2. The Hall–Kier alpha value is -3.04. The lowest BCUT2D eigenvalue weighted by atomic mass is 9.84. The minimum absolute atomic E-state index is 0.0253. The number of pyridine rings is 1. The summed E-state index contributed by atoms with van der Waals surface area (Å²) in [5.41, 5.74) is 3.87. The maximum Gasteiger partial charge on any atom is 0.329 e. The molecule has 2 saturated heterocycles. The number of aromatic nitrogens is 2. The second-order valence-electron chi connectivity index (χ2n) is 9.87. The molecular weight excluding hydrogens is 462 g/mol. The zero-order chi connectivity index (χ0) is 23.9. The number of carboxylic acid groups (broad SMARTS) is 1. The lowest BCUT2D eigenvalue weighted by molar-refractivity contribution is -0.147. The summed E-state index contributed by atoms with van der Waals surface area (Å²) in [6, 6.07) is 10.4. The molecule has 35 heavy (non-hydrogen) atoms. The molecule has 9 heteroatoms. The standard InChI is InChI=1S/C26H29N5O3S/c32-25(33)19-14-29(15-19)16-23-28-22-12-21(13-27-24(22)35-23)31-10-9-30(26(31)34)20-8-4-7-18(11-20)17-5-2-1-3-6-17/h4,7-8,11-13,17,19H,1-3,5-6,9-10,14-16H2,(H,32,33). The van der Waals surface area contributed by atoms with Gasteiger partial charge in [0, 0.05) is 31.9 Å². The SMILES string of the molecule is O=C(O)C1CN(Cc2nc3cc(N4CCN(c5cccc(C6CCCCC6)c5)C4=O)cnc3s2)C1. The molecule has 3 aromatic rings. The van der Waals surface area contributed by atoms with Crippen LogP contribution in [-0.2, 0) is 11.3 Å². The first-order chi connectivity index (χ1) is 17.0. The van der Waals surface area contributed by atoms with Gasteiger partial charge in [0.2, 0.25) is 0 Å². The lowest BCUT2D eigenvalue weighted by Gasteiger charge is -2.35. The van der Waals surface area contributed by atoms with E-state index in [1.165, 1.54) is 49.0 Å². The molecule has 1 aromatic carbocycles. The number of thiazole rings is 1. The summed E-state index contributed by atoms with van der Waals surface area (Å²) in [6.45, 7) is 3.01. The van der Waals surface area contributed by atoms with E-state index in [2.05, 4.69) is 28.1 Å². The second-order valence-corrected chi connectivity index (χ2v) is 10.9. The van der Waals surface area contributed by atoms with Gasteiger partial charge in [-0.3, -0.25) is 19.5 Å². The van der Waals surface area contributed by atoms with Crippen molar-refractivity contribution in [3.63, 3.8) is 0 Å². The van der Waals surface area contributed by atoms with E-state index in [0.29, 0.717) is 38.6 Å². The highest BCUT2D eigenvalue weighted by molar-refractivity contribution is 7.18. The Labute approximate surface area is 208 Å². The molecular formula is C26H29N5O3S. The predicted molar refractivity (Wildman–Crippen MR) is 136 cm³/mol. The van der Waals surface area contributed by atoms with Crippen LogP contribution in [0.2, 0.25) is 0 Å².